The number of fused-ring (bicyclic) bond motifs is 1. The Balaban J connectivity index is 2.31. The smallest absolute Gasteiger partial charge is 0.345 e. The van der Waals surface area contributed by atoms with E-state index in [0.29, 0.717) is 11.8 Å². The quantitative estimate of drug-likeness (QED) is 0.513. The SMILES string of the molecule is CC(F)(F)CC(=O)Nc1sc2c(c1S(=O)(=O)Cl)C[C@@H](NC(=O)C(F)(F)F)CC2. The van der Waals surface area contributed by atoms with Gasteiger partial charge < -0.3 is 10.6 Å². The highest BCUT2D eigenvalue weighted by Gasteiger charge is 2.41. The van der Waals surface area contributed by atoms with Crippen LogP contribution in [-0.2, 0) is 31.5 Å². The van der Waals surface area contributed by atoms with Gasteiger partial charge in [-0.3, -0.25) is 9.59 Å². The van der Waals surface area contributed by atoms with Crippen molar-refractivity contribution in [2.45, 2.75) is 55.6 Å². The van der Waals surface area contributed by atoms with Gasteiger partial charge in [-0.1, -0.05) is 0 Å². The van der Waals surface area contributed by atoms with Crippen LogP contribution in [0.1, 0.15) is 30.2 Å². The Bertz CT molecular complexity index is 893. The number of halogens is 6. The molecule has 1 aromatic heterocycles. The molecule has 1 atom stereocenters. The van der Waals surface area contributed by atoms with Gasteiger partial charge in [0.2, 0.25) is 5.91 Å². The Morgan fingerprint density at radius 2 is 1.86 bits per heavy atom. The molecule has 14 heteroatoms. The second-order valence-corrected chi connectivity index (χ2v) is 9.91. The van der Waals surface area contributed by atoms with Crippen LogP contribution in [-0.4, -0.2) is 38.4 Å². The molecule has 1 aliphatic rings. The molecule has 2 rings (SSSR count). The first-order chi connectivity index (χ1) is 12.6. The molecule has 2 amide bonds. The largest absolute Gasteiger partial charge is 0.471 e. The van der Waals surface area contributed by atoms with Crippen LogP contribution in [0.5, 0.6) is 0 Å². The summed E-state index contributed by atoms with van der Waals surface area (Å²) in [6, 6.07) is -1.00. The Hall–Kier alpha value is -1.47. The van der Waals surface area contributed by atoms with E-state index in [1.54, 1.807) is 5.32 Å². The molecular formula is C14H14ClF5N2O4S2. The third-order valence-electron chi connectivity index (χ3n) is 3.77. The summed E-state index contributed by atoms with van der Waals surface area (Å²) >= 11 is 0.794. The molecule has 1 aliphatic carbocycles. The molecule has 0 radical (unpaired) electrons. The van der Waals surface area contributed by atoms with Crippen LogP contribution >= 0.6 is 22.0 Å². The summed E-state index contributed by atoms with van der Waals surface area (Å²) in [5, 5.41) is 3.57. The minimum Gasteiger partial charge on any atom is -0.345 e. The Morgan fingerprint density at radius 1 is 1.25 bits per heavy atom. The number of carbonyl (C=O) groups excluding carboxylic acids is 2. The number of amides is 2. The molecule has 0 aromatic carbocycles. The molecular weight excluding hydrogens is 455 g/mol. The lowest BCUT2D eigenvalue weighted by Gasteiger charge is -2.24. The van der Waals surface area contributed by atoms with Crippen LogP contribution in [0.25, 0.3) is 0 Å². The molecule has 28 heavy (non-hydrogen) atoms. The zero-order valence-electron chi connectivity index (χ0n) is 14.1. The molecule has 6 nitrogen and oxygen atoms in total. The molecule has 0 unspecified atom stereocenters. The Kier molecular flexibility index (Phi) is 6.31. The van der Waals surface area contributed by atoms with Crippen molar-refractivity contribution in [2.75, 3.05) is 5.32 Å². The van der Waals surface area contributed by atoms with Gasteiger partial charge in [-0.15, -0.1) is 11.3 Å². The number of nitrogens with one attached hydrogen (secondary N) is 2. The number of hydrogen-bond donors (Lipinski definition) is 2. The highest BCUT2D eigenvalue weighted by atomic mass is 35.7. The van der Waals surface area contributed by atoms with Gasteiger partial charge in [0, 0.05) is 21.6 Å². The molecule has 2 N–H and O–H groups in total. The molecule has 1 heterocycles. The lowest BCUT2D eigenvalue weighted by Crippen LogP contribution is -2.45. The fourth-order valence-corrected chi connectivity index (χ4v) is 5.84. The minimum atomic E-state index is -5.10. The lowest BCUT2D eigenvalue weighted by molar-refractivity contribution is -0.174. The normalized spacial score (nSPS) is 17.8. The van der Waals surface area contributed by atoms with Crippen LogP contribution in [0.3, 0.4) is 0 Å². The maximum atomic E-state index is 13.0. The molecule has 0 saturated heterocycles. The number of carbonyl (C=O) groups is 2. The highest BCUT2D eigenvalue weighted by molar-refractivity contribution is 8.14. The molecule has 0 fully saturated rings. The summed E-state index contributed by atoms with van der Waals surface area (Å²) < 4.78 is 87.1. The summed E-state index contributed by atoms with van der Waals surface area (Å²) in [5.41, 5.74) is 0.0530. The van der Waals surface area contributed by atoms with Crippen molar-refractivity contribution >= 4 is 47.9 Å². The fraction of sp³-hybridized carbons (Fsp3) is 0.571. The van der Waals surface area contributed by atoms with Gasteiger partial charge >= 0.3 is 12.1 Å². The summed E-state index contributed by atoms with van der Waals surface area (Å²) in [6.07, 6.45) is -6.35. The molecule has 0 saturated carbocycles. The first kappa shape index (κ1) is 22.8. The lowest BCUT2D eigenvalue weighted by atomic mass is 9.94. The van der Waals surface area contributed by atoms with Crippen LogP contribution in [0, 0.1) is 0 Å². The van der Waals surface area contributed by atoms with Crippen molar-refractivity contribution in [2.24, 2.45) is 0 Å². The van der Waals surface area contributed by atoms with E-state index in [-0.39, 0.29) is 29.8 Å². The number of anilines is 1. The fourth-order valence-electron chi connectivity index (χ4n) is 2.74. The van der Waals surface area contributed by atoms with E-state index in [1.807, 2.05) is 0 Å². The first-order valence-electron chi connectivity index (χ1n) is 7.72. The van der Waals surface area contributed by atoms with Crippen LogP contribution in [0.4, 0.5) is 27.0 Å². The van der Waals surface area contributed by atoms with Crippen LogP contribution in [0.2, 0.25) is 0 Å². The molecule has 0 spiro atoms. The second kappa shape index (κ2) is 7.75. The van der Waals surface area contributed by atoms with Crippen molar-refractivity contribution in [3.8, 4) is 0 Å². The van der Waals surface area contributed by atoms with Crippen molar-refractivity contribution < 1.29 is 40.0 Å². The summed E-state index contributed by atoms with van der Waals surface area (Å²) in [7, 11) is 0.941. The van der Waals surface area contributed by atoms with E-state index in [2.05, 4.69) is 5.32 Å². The van der Waals surface area contributed by atoms with Crippen molar-refractivity contribution in [3.05, 3.63) is 10.4 Å². The molecule has 0 bridgehead atoms. The standard InChI is InChI=1S/C14H14ClF5N2O4S2/c1-13(16,17)5-9(23)22-11-10(28(15,25)26)7-4-6(2-3-8(7)27-11)21-12(24)14(18,19)20/h6H,2-5H2,1H3,(H,21,24)(H,22,23)/t6-/m0/s1. The van der Waals surface area contributed by atoms with Crippen molar-refractivity contribution in [3.63, 3.8) is 0 Å². The van der Waals surface area contributed by atoms with E-state index in [0.717, 1.165) is 11.3 Å². The van der Waals surface area contributed by atoms with E-state index >= 15 is 0 Å². The number of alkyl halides is 5. The second-order valence-electron chi connectivity index (χ2n) is 6.31. The predicted molar refractivity (Wildman–Crippen MR) is 91.2 cm³/mol. The molecule has 158 valence electrons. The number of hydrogen-bond acceptors (Lipinski definition) is 5. The number of thiophene rings is 1. The average molecular weight is 469 g/mol. The van der Waals surface area contributed by atoms with Crippen molar-refractivity contribution in [1.82, 2.24) is 5.32 Å². The van der Waals surface area contributed by atoms with E-state index in [4.69, 9.17) is 10.7 Å². The summed E-state index contributed by atoms with van der Waals surface area (Å²) in [5.74, 6) is -6.63. The van der Waals surface area contributed by atoms with E-state index in [9.17, 15) is 40.0 Å². The van der Waals surface area contributed by atoms with Gasteiger partial charge in [0.15, 0.2) is 0 Å². The van der Waals surface area contributed by atoms with Crippen molar-refractivity contribution in [1.29, 1.82) is 0 Å². The zero-order chi connectivity index (χ0) is 21.5. The van der Waals surface area contributed by atoms with Gasteiger partial charge in [-0.2, -0.15) is 13.2 Å². The van der Waals surface area contributed by atoms with Gasteiger partial charge in [0.05, 0.1) is 6.42 Å². The summed E-state index contributed by atoms with van der Waals surface area (Å²) in [6.45, 7) is 0.513. The van der Waals surface area contributed by atoms with E-state index in [1.165, 1.54) is 0 Å². The molecule has 1 aromatic rings. The topological polar surface area (TPSA) is 92.3 Å². The zero-order valence-corrected chi connectivity index (χ0v) is 16.5. The Morgan fingerprint density at radius 3 is 2.36 bits per heavy atom. The van der Waals surface area contributed by atoms with Gasteiger partial charge in [-0.25, -0.2) is 17.2 Å². The molecule has 0 aliphatic heterocycles. The maximum Gasteiger partial charge on any atom is 0.471 e. The van der Waals surface area contributed by atoms with Gasteiger partial charge in [0.1, 0.15) is 9.90 Å². The average Bonchev–Trinajstić information content (AvgIpc) is 2.80. The first-order valence-corrected chi connectivity index (χ1v) is 10.8. The van der Waals surface area contributed by atoms with Crippen LogP contribution in [0.15, 0.2) is 4.90 Å². The third-order valence-corrected chi connectivity index (χ3v) is 6.51. The highest BCUT2D eigenvalue weighted by Crippen LogP contribution is 2.42. The monoisotopic (exact) mass is 468 g/mol. The minimum absolute atomic E-state index is 0.0530. The summed E-state index contributed by atoms with van der Waals surface area (Å²) in [4.78, 5) is 22.7. The van der Waals surface area contributed by atoms with E-state index < -0.39 is 50.3 Å². The Labute approximate surface area is 164 Å². The third kappa shape index (κ3) is 5.77. The maximum absolute atomic E-state index is 13.0. The number of rotatable bonds is 5. The van der Waals surface area contributed by atoms with Gasteiger partial charge in [0.25, 0.3) is 15.0 Å². The predicted octanol–water partition coefficient (Wildman–Crippen LogP) is 3.20. The van der Waals surface area contributed by atoms with Gasteiger partial charge in [-0.05, 0) is 31.7 Å². The van der Waals surface area contributed by atoms with Crippen LogP contribution < -0.4 is 10.6 Å². The number of aryl methyl sites for hydroxylation is 1.